The number of nitrogens with two attached hydrogens (primary N) is 1. The molecule has 0 radical (unpaired) electrons. The van der Waals surface area contributed by atoms with Gasteiger partial charge in [-0.15, -0.1) is 0 Å². The third-order valence-electron chi connectivity index (χ3n) is 4.53. The van der Waals surface area contributed by atoms with Gasteiger partial charge in [-0.05, 0) is 19.9 Å². The van der Waals surface area contributed by atoms with Crippen LogP contribution in [0.15, 0.2) is 47.1 Å². The first-order valence-corrected chi connectivity index (χ1v) is 8.47. The predicted octanol–water partition coefficient (Wildman–Crippen LogP) is 1.37. The van der Waals surface area contributed by atoms with Crippen molar-refractivity contribution in [3.05, 3.63) is 52.6 Å². The zero-order valence-corrected chi connectivity index (χ0v) is 15.6. The van der Waals surface area contributed by atoms with Crippen molar-refractivity contribution >= 4 is 17.6 Å². The molecule has 1 aromatic rings. The van der Waals surface area contributed by atoms with Crippen LogP contribution >= 0.6 is 0 Å². The third-order valence-corrected chi connectivity index (χ3v) is 4.53. The molecule has 2 aliphatic rings. The van der Waals surface area contributed by atoms with Crippen molar-refractivity contribution in [1.29, 1.82) is 5.26 Å². The van der Waals surface area contributed by atoms with Crippen LogP contribution in [0.4, 0.5) is 5.69 Å². The molecule has 0 unspecified atom stereocenters. The second-order valence-corrected chi connectivity index (χ2v) is 6.01. The summed E-state index contributed by atoms with van der Waals surface area (Å²) in [6.45, 7) is 2.99. The summed E-state index contributed by atoms with van der Waals surface area (Å²) in [4.78, 5) is 31.9. The number of methoxy groups -OCH3 is 1. The van der Waals surface area contributed by atoms with Crippen LogP contribution in [0.3, 0.4) is 0 Å². The molecule has 0 aliphatic carbocycles. The molecule has 1 spiro atoms. The Kier molecular flexibility index (Phi) is 5.09. The Morgan fingerprint density at radius 3 is 2.75 bits per heavy atom. The van der Waals surface area contributed by atoms with Gasteiger partial charge in [0.2, 0.25) is 5.88 Å². The van der Waals surface area contributed by atoms with Crippen molar-refractivity contribution in [2.75, 3.05) is 25.6 Å². The van der Waals surface area contributed by atoms with E-state index in [9.17, 15) is 14.9 Å². The smallest absolute Gasteiger partial charge is 0.339 e. The van der Waals surface area contributed by atoms with E-state index in [0.29, 0.717) is 11.3 Å². The maximum Gasteiger partial charge on any atom is 0.339 e. The number of carbonyl (C=O) groups is 2. The first kappa shape index (κ1) is 19.4. The van der Waals surface area contributed by atoms with Crippen LogP contribution < -0.4 is 10.8 Å². The van der Waals surface area contributed by atoms with E-state index < -0.39 is 17.3 Å². The lowest BCUT2D eigenvalue weighted by atomic mass is 9.68. The summed E-state index contributed by atoms with van der Waals surface area (Å²) in [5, 5.41) is 10.8. The summed E-state index contributed by atoms with van der Waals surface area (Å²) in [6, 6.07) is 8.59. The summed E-state index contributed by atoms with van der Waals surface area (Å²) in [5.74, 6) is -1.65. The van der Waals surface area contributed by atoms with Gasteiger partial charge in [0, 0.05) is 12.7 Å². The molecule has 0 fully saturated rings. The minimum Gasteiger partial charge on any atom is -0.462 e. The van der Waals surface area contributed by atoms with Gasteiger partial charge in [-0.1, -0.05) is 18.2 Å². The Labute approximate surface area is 161 Å². The number of carbonyl (C=O) groups excluding carboxylic acids is 2. The molecule has 0 bridgehead atoms. The van der Waals surface area contributed by atoms with Gasteiger partial charge in [-0.25, -0.2) is 9.63 Å². The standard InChI is InChI=1S/C19H19N3O6/c1-4-26-17(23)15-11(2)28-16(21)13(9-20)19(15)12-7-5-6-8-14(12)22(18(19)24)27-10-25-3/h5-8H,4,10,21H2,1-3H3/t19-/m1/s1. The number of esters is 1. The van der Waals surface area contributed by atoms with Crippen molar-refractivity contribution in [2.45, 2.75) is 19.3 Å². The normalized spacial score (nSPS) is 20.9. The molecule has 1 amide bonds. The van der Waals surface area contributed by atoms with E-state index in [1.807, 2.05) is 6.07 Å². The number of anilines is 1. The molecule has 0 saturated heterocycles. The number of nitriles is 1. The van der Waals surface area contributed by atoms with Crippen LogP contribution in [0.25, 0.3) is 0 Å². The van der Waals surface area contributed by atoms with Gasteiger partial charge in [-0.3, -0.25) is 4.79 Å². The largest absolute Gasteiger partial charge is 0.462 e. The first-order chi connectivity index (χ1) is 13.4. The van der Waals surface area contributed by atoms with E-state index in [0.717, 1.165) is 5.06 Å². The number of hydrogen-bond donors (Lipinski definition) is 1. The topological polar surface area (TPSA) is 124 Å². The molecule has 9 nitrogen and oxygen atoms in total. The molecular weight excluding hydrogens is 366 g/mol. The van der Waals surface area contributed by atoms with Crippen LogP contribution in [0, 0.1) is 11.3 Å². The van der Waals surface area contributed by atoms with Gasteiger partial charge in [-0.2, -0.15) is 10.3 Å². The number of fused-ring (bicyclic) bond motifs is 2. The van der Waals surface area contributed by atoms with Gasteiger partial charge in [0.25, 0.3) is 5.91 Å². The number of nitrogens with zero attached hydrogens (tertiary/aromatic N) is 2. The molecule has 2 heterocycles. The van der Waals surface area contributed by atoms with Crippen LogP contribution in [-0.2, 0) is 34.1 Å². The quantitative estimate of drug-likeness (QED) is 0.595. The molecule has 0 saturated carbocycles. The molecule has 146 valence electrons. The van der Waals surface area contributed by atoms with Crippen LogP contribution in [0.2, 0.25) is 0 Å². The highest BCUT2D eigenvalue weighted by Gasteiger charge is 2.62. The zero-order chi connectivity index (χ0) is 20.5. The molecule has 1 atom stereocenters. The number of hydrogen-bond acceptors (Lipinski definition) is 8. The monoisotopic (exact) mass is 385 g/mol. The fraction of sp³-hybridized carbons (Fsp3) is 0.316. The number of benzene rings is 1. The number of amides is 1. The van der Waals surface area contributed by atoms with E-state index in [4.69, 9.17) is 24.8 Å². The van der Waals surface area contributed by atoms with Gasteiger partial charge < -0.3 is 19.9 Å². The number of ether oxygens (including phenoxy) is 3. The highest BCUT2D eigenvalue weighted by Crippen LogP contribution is 2.54. The summed E-state index contributed by atoms with van der Waals surface area (Å²) >= 11 is 0. The SMILES string of the molecule is CCOC(=O)C1=C(C)OC(N)=C(C#N)[C@@]12C(=O)N(OCOC)c1ccccc12. The van der Waals surface area contributed by atoms with Crippen molar-refractivity contribution in [1.82, 2.24) is 0 Å². The maximum absolute atomic E-state index is 13.6. The van der Waals surface area contributed by atoms with Crippen molar-refractivity contribution in [2.24, 2.45) is 5.73 Å². The number of para-hydroxylation sites is 1. The van der Waals surface area contributed by atoms with Crippen LogP contribution in [0.1, 0.15) is 19.4 Å². The third kappa shape index (κ3) is 2.54. The zero-order valence-electron chi connectivity index (χ0n) is 15.6. The Balaban J connectivity index is 2.35. The second kappa shape index (κ2) is 7.34. The predicted molar refractivity (Wildman–Crippen MR) is 95.8 cm³/mol. The summed E-state index contributed by atoms with van der Waals surface area (Å²) in [6.07, 6.45) is 0. The van der Waals surface area contributed by atoms with Crippen molar-refractivity contribution < 1.29 is 28.6 Å². The lowest BCUT2D eigenvalue weighted by Crippen LogP contribution is -2.48. The Morgan fingerprint density at radius 1 is 1.39 bits per heavy atom. The van der Waals surface area contributed by atoms with E-state index in [-0.39, 0.29) is 36.2 Å². The maximum atomic E-state index is 13.6. The summed E-state index contributed by atoms with van der Waals surface area (Å²) in [5.41, 5.74) is 4.52. The van der Waals surface area contributed by atoms with E-state index in [1.54, 1.807) is 31.2 Å². The summed E-state index contributed by atoms with van der Waals surface area (Å²) < 4.78 is 15.5. The van der Waals surface area contributed by atoms with Gasteiger partial charge in [0.15, 0.2) is 12.2 Å². The van der Waals surface area contributed by atoms with E-state index in [1.165, 1.54) is 14.0 Å². The lowest BCUT2D eigenvalue weighted by molar-refractivity contribution is -0.142. The van der Waals surface area contributed by atoms with Gasteiger partial charge in [0.1, 0.15) is 23.0 Å². The van der Waals surface area contributed by atoms with Crippen molar-refractivity contribution in [3.8, 4) is 6.07 Å². The molecule has 28 heavy (non-hydrogen) atoms. The second-order valence-electron chi connectivity index (χ2n) is 6.01. The molecule has 2 aliphatic heterocycles. The number of hydroxylamine groups is 1. The van der Waals surface area contributed by atoms with Crippen LogP contribution in [0.5, 0.6) is 0 Å². The van der Waals surface area contributed by atoms with Crippen LogP contribution in [-0.4, -0.2) is 32.4 Å². The average molecular weight is 385 g/mol. The molecule has 9 heteroatoms. The average Bonchev–Trinajstić information content (AvgIpc) is 2.90. The first-order valence-electron chi connectivity index (χ1n) is 8.47. The Bertz CT molecular complexity index is 945. The van der Waals surface area contributed by atoms with Crippen molar-refractivity contribution in [3.63, 3.8) is 0 Å². The highest BCUT2D eigenvalue weighted by atomic mass is 16.8. The fourth-order valence-corrected chi connectivity index (χ4v) is 3.54. The molecule has 0 aromatic heterocycles. The van der Waals surface area contributed by atoms with E-state index in [2.05, 4.69) is 0 Å². The highest BCUT2D eigenvalue weighted by molar-refractivity contribution is 6.17. The van der Waals surface area contributed by atoms with Gasteiger partial charge >= 0.3 is 5.97 Å². The summed E-state index contributed by atoms with van der Waals surface area (Å²) in [7, 11) is 1.41. The molecule has 2 N–H and O–H groups in total. The fourth-order valence-electron chi connectivity index (χ4n) is 3.54. The molecule has 3 rings (SSSR count). The minimum atomic E-state index is -1.84. The lowest BCUT2D eigenvalue weighted by Gasteiger charge is -2.34. The Morgan fingerprint density at radius 2 is 2.11 bits per heavy atom. The van der Waals surface area contributed by atoms with E-state index >= 15 is 0 Å². The molecule has 1 aromatic carbocycles. The number of rotatable bonds is 5. The number of allylic oxidation sites excluding steroid dienone is 1. The minimum absolute atomic E-state index is 0.0756. The Hall–Kier alpha value is -3.35. The molecular formula is C19H19N3O6. The van der Waals surface area contributed by atoms with Gasteiger partial charge in [0.05, 0.1) is 12.3 Å².